The highest BCUT2D eigenvalue weighted by molar-refractivity contribution is 9.10. The second kappa shape index (κ2) is 7.49. The van der Waals surface area contributed by atoms with Crippen molar-refractivity contribution in [2.45, 2.75) is 33.7 Å². The van der Waals surface area contributed by atoms with Crippen molar-refractivity contribution in [2.75, 3.05) is 11.5 Å². The van der Waals surface area contributed by atoms with E-state index in [1.165, 1.54) is 13.0 Å². The molecular formula is C15H17BrFNO4. The summed E-state index contributed by atoms with van der Waals surface area (Å²) >= 11 is 3.13. The van der Waals surface area contributed by atoms with Crippen LogP contribution in [0, 0.1) is 5.82 Å². The maximum Gasteiger partial charge on any atom is 0.397 e. The van der Waals surface area contributed by atoms with Crippen LogP contribution in [0.2, 0.25) is 0 Å². The average molecular weight is 374 g/mol. The highest BCUT2D eigenvalue weighted by atomic mass is 79.9. The molecule has 22 heavy (non-hydrogen) atoms. The number of carbonyl (C=O) groups is 3. The van der Waals surface area contributed by atoms with Crippen LogP contribution in [0.1, 0.15) is 38.1 Å². The molecule has 0 aromatic heterocycles. The van der Waals surface area contributed by atoms with Crippen molar-refractivity contribution in [3.8, 4) is 0 Å². The van der Waals surface area contributed by atoms with Crippen LogP contribution in [0.5, 0.6) is 0 Å². The standard InChI is InChI=1S/C15H17BrFNO4/c1-5-22-15(21)14(20)18(8(2)3)12-7-10(16)6-11(17)13(12)9(4)19/h6-8H,5H2,1-4H3. The number of amides is 1. The van der Waals surface area contributed by atoms with Gasteiger partial charge in [0.2, 0.25) is 0 Å². The first kappa shape index (κ1) is 18.3. The Balaban J connectivity index is 3.48. The number of esters is 1. The van der Waals surface area contributed by atoms with Crippen molar-refractivity contribution in [1.82, 2.24) is 0 Å². The van der Waals surface area contributed by atoms with Gasteiger partial charge in [-0.25, -0.2) is 9.18 Å². The largest absolute Gasteiger partial charge is 0.459 e. The smallest absolute Gasteiger partial charge is 0.397 e. The average Bonchev–Trinajstić information content (AvgIpc) is 2.37. The van der Waals surface area contributed by atoms with E-state index >= 15 is 0 Å². The molecule has 1 aromatic rings. The zero-order chi connectivity index (χ0) is 17.0. The van der Waals surface area contributed by atoms with E-state index < -0.39 is 29.5 Å². The minimum atomic E-state index is -1.05. The van der Waals surface area contributed by atoms with Gasteiger partial charge >= 0.3 is 11.9 Å². The minimum Gasteiger partial charge on any atom is -0.459 e. The third kappa shape index (κ3) is 3.91. The first-order valence-electron chi connectivity index (χ1n) is 6.71. The Morgan fingerprint density at radius 3 is 2.36 bits per heavy atom. The predicted octanol–water partition coefficient (Wildman–Crippen LogP) is 3.10. The lowest BCUT2D eigenvalue weighted by Crippen LogP contribution is -2.43. The lowest BCUT2D eigenvalue weighted by Gasteiger charge is -2.27. The van der Waals surface area contributed by atoms with Gasteiger partial charge in [-0.15, -0.1) is 0 Å². The molecule has 0 saturated carbocycles. The molecule has 0 N–H and O–H groups in total. The third-order valence-electron chi connectivity index (χ3n) is 2.83. The summed E-state index contributed by atoms with van der Waals surface area (Å²) in [5, 5.41) is 0. The van der Waals surface area contributed by atoms with Crippen molar-refractivity contribution in [2.24, 2.45) is 0 Å². The monoisotopic (exact) mass is 373 g/mol. The van der Waals surface area contributed by atoms with Crippen LogP contribution in [0.3, 0.4) is 0 Å². The number of rotatable bonds is 4. The molecule has 0 aliphatic rings. The highest BCUT2D eigenvalue weighted by Gasteiger charge is 2.31. The van der Waals surface area contributed by atoms with Crippen LogP contribution in [0.25, 0.3) is 0 Å². The maximum atomic E-state index is 14.1. The van der Waals surface area contributed by atoms with Gasteiger partial charge in [0.1, 0.15) is 5.82 Å². The van der Waals surface area contributed by atoms with E-state index in [1.54, 1.807) is 20.8 Å². The maximum absolute atomic E-state index is 14.1. The number of Topliss-reactive ketones (excluding diaryl/α,β-unsaturated/α-hetero) is 1. The molecule has 0 unspecified atom stereocenters. The summed E-state index contributed by atoms with van der Waals surface area (Å²) in [6.45, 7) is 6.12. The van der Waals surface area contributed by atoms with E-state index in [-0.39, 0.29) is 17.9 Å². The summed E-state index contributed by atoms with van der Waals surface area (Å²) in [5.41, 5.74) is -0.207. The number of hydrogen-bond donors (Lipinski definition) is 0. The van der Waals surface area contributed by atoms with Gasteiger partial charge in [-0.3, -0.25) is 14.5 Å². The normalized spacial score (nSPS) is 10.5. The summed E-state index contributed by atoms with van der Waals surface area (Å²) in [6, 6.07) is 2.09. The fraction of sp³-hybridized carbons (Fsp3) is 0.400. The zero-order valence-corrected chi connectivity index (χ0v) is 14.4. The topological polar surface area (TPSA) is 63.7 Å². The Morgan fingerprint density at radius 2 is 1.91 bits per heavy atom. The number of halogens is 2. The molecule has 5 nitrogen and oxygen atoms in total. The fourth-order valence-corrected chi connectivity index (χ4v) is 2.43. The Kier molecular flexibility index (Phi) is 6.22. The number of nitrogens with zero attached hydrogens (tertiary/aromatic N) is 1. The zero-order valence-electron chi connectivity index (χ0n) is 12.8. The Hall–Kier alpha value is -1.76. The number of benzene rings is 1. The van der Waals surface area contributed by atoms with Gasteiger partial charge in [0, 0.05) is 10.5 Å². The molecule has 0 heterocycles. The van der Waals surface area contributed by atoms with Gasteiger partial charge in [-0.2, -0.15) is 0 Å². The third-order valence-corrected chi connectivity index (χ3v) is 3.29. The van der Waals surface area contributed by atoms with E-state index in [1.807, 2.05) is 0 Å². The summed E-state index contributed by atoms with van der Waals surface area (Å²) in [4.78, 5) is 36.8. The molecule has 0 atom stereocenters. The van der Waals surface area contributed by atoms with Gasteiger partial charge in [0.25, 0.3) is 0 Å². The Bertz CT molecular complexity index is 616. The summed E-state index contributed by atoms with van der Waals surface area (Å²) in [6.07, 6.45) is 0. The van der Waals surface area contributed by atoms with E-state index in [2.05, 4.69) is 15.9 Å². The summed E-state index contributed by atoms with van der Waals surface area (Å²) < 4.78 is 19.1. The van der Waals surface area contributed by atoms with E-state index in [0.29, 0.717) is 4.47 Å². The molecule has 7 heteroatoms. The molecule has 0 saturated heterocycles. The van der Waals surface area contributed by atoms with Crippen molar-refractivity contribution >= 4 is 39.3 Å². The van der Waals surface area contributed by atoms with Gasteiger partial charge in [-0.1, -0.05) is 15.9 Å². The Morgan fingerprint density at radius 1 is 1.32 bits per heavy atom. The van der Waals surface area contributed by atoms with Crippen molar-refractivity contribution in [1.29, 1.82) is 0 Å². The lowest BCUT2D eigenvalue weighted by atomic mass is 10.1. The minimum absolute atomic E-state index is 0.0347. The van der Waals surface area contributed by atoms with Gasteiger partial charge in [0.05, 0.1) is 17.9 Å². The molecule has 0 aliphatic carbocycles. The fourth-order valence-electron chi connectivity index (χ4n) is 2.01. The highest BCUT2D eigenvalue weighted by Crippen LogP contribution is 2.30. The number of hydrogen-bond acceptors (Lipinski definition) is 4. The van der Waals surface area contributed by atoms with Crippen LogP contribution < -0.4 is 4.90 Å². The van der Waals surface area contributed by atoms with Crippen LogP contribution in [0.15, 0.2) is 16.6 Å². The summed E-state index contributed by atoms with van der Waals surface area (Å²) in [7, 11) is 0. The molecule has 120 valence electrons. The van der Waals surface area contributed by atoms with Gasteiger partial charge < -0.3 is 4.74 Å². The number of ketones is 1. The quantitative estimate of drug-likeness (QED) is 0.462. The van der Waals surface area contributed by atoms with Crippen LogP contribution >= 0.6 is 15.9 Å². The second-order valence-electron chi connectivity index (χ2n) is 4.83. The molecule has 1 rings (SSSR count). The molecule has 1 amide bonds. The van der Waals surface area contributed by atoms with E-state index in [0.717, 1.165) is 11.0 Å². The molecule has 0 aliphatic heterocycles. The first-order chi connectivity index (χ1) is 10.2. The summed E-state index contributed by atoms with van der Waals surface area (Å²) in [5.74, 6) is -3.30. The molecule has 0 fully saturated rings. The van der Waals surface area contributed by atoms with Crippen LogP contribution in [-0.4, -0.2) is 30.3 Å². The SMILES string of the molecule is CCOC(=O)C(=O)N(c1cc(Br)cc(F)c1C(C)=O)C(C)C. The van der Waals surface area contributed by atoms with Crippen LogP contribution in [0.4, 0.5) is 10.1 Å². The molecule has 0 spiro atoms. The van der Waals surface area contributed by atoms with Crippen molar-refractivity contribution in [3.05, 3.63) is 28.0 Å². The van der Waals surface area contributed by atoms with E-state index in [4.69, 9.17) is 4.74 Å². The molecular weight excluding hydrogens is 357 g/mol. The van der Waals surface area contributed by atoms with Crippen molar-refractivity contribution in [3.63, 3.8) is 0 Å². The molecule has 0 radical (unpaired) electrons. The van der Waals surface area contributed by atoms with Crippen LogP contribution in [-0.2, 0) is 14.3 Å². The van der Waals surface area contributed by atoms with Crippen molar-refractivity contribution < 1.29 is 23.5 Å². The number of carbonyl (C=O) groups excluding carboxylic acids is 3. The Labute approximate surface area is 136 Å². The molecule has 0 bridgehead atoms. The van der Waals surface area contributed by atoms with Gasteiger partial charge in [0.15, 0.2) is 5.78 Å². The number of ether oxygens (including phenoxy) is 1. The van der Waals surface area contributed by atoms with Gasteiger partial charge in [-0.05, 0) is 39.8 Å². The molecule has 1 aromatic carbocycles. The number of anilines is 1. The van der Waals surface area contributed by atoms with E-state index in [9.17, 15) is 18.8 Å². The lowest BCUT2D eigenvalue weighted by molar-refractivity contribution is -0.153. The second-order valence-corrected chi connectivity index (χ2v) is 5.74. The first-order valence-corrected chi connectivity index (χ1v) is 7.50. The predicted molar refractivity (Wildman–Crippen MR) is 83.4 cm³/mol.